The van der Waals surface area contributed by atoms with Crippen molar-refractivity contribution in [2.24, 2.45) is 0 Å². The minimum atomic E-state index is -0.723. The van der Waals surface area contributed by atoms with E-state index in [2.05, 4.69) is 10.3 Å². The molecule has 3 heterocycles. The fourth-order valence-corrected chi connectivity index (χ4v) is 3.80. The summed E-state index contributed by atoms with van der Waals surface area (Å²) in [5, 5.41) is 8.77. The van der Waals surface area contributed by atoms with Crippen LogP contribution < -0.4 is 10.5 Å². The van der Waals surface area contributed by atoms with Crippen molar-refractivity contribution in [3.05, 3.63) is 70.2 Å². The SMILES string of the molecule is COC(=O)C1=C(C(=O)OC)N(c2ccc3cc(-n4nnc5ccccc54)c(=O)oc3c2)COC1. The second-order valence-corrected chi connectivity index (χ2v) is 7.35. The van der Waals surface area contributed by atoms with Crippen LogP contribution in [-0.4, -0.2) is 54.5 Å². The van der Waals surface area contributed by atoms with Crippen molar-refractivity contribution in [2.45, 2.75) is 0 Å². The molecule has 5 rings (SSSR count). The number of fused-ring (bicyclic) bond motifs is 2. The van der Waals surface area contributed by atoms with E-state index in [0.29, 0.717) is 22.1 Å². The maximum atomic E-state index is 12.8. The molecule has 1 aliphatic heterocycles. The molecule has 11 heteroatoms. The van der Waals surface area contributed by atoms with E-state index in [1.54, 1.807) is 36.4 Å². The molecule has 0 saturated heterocycles. The molecule has 2 aromatic carbocycles. The van der Waals surface area contributed by atoms with Crippen LogP contribution in [0.3, 0.4) is 0 Å². The highest BCUT2D eigenvalue weighted by Crippen LogP contribution is 2.30. The molecule has 0 N–H and O–H groups in total. The summed E-state index contributed by atoms with van der Waals surface area (Å²) in [4.78, 5) is 39.0. The van der Waals surface area contributed by atoms with Crippen LogP contribution in [-0.2, 0) is 23.8 Å². The lowest BCUT2D eigenvalue weighted by Gasteiger charge is -2.31. The van der Waals surface area contributed by atoms with E-state index < -0.39 is 17.6 Å². The van der Waals surface area contributed by atoms with Gasteiger partial charge in [-0.2, -0.15) is 0 Å². The van der Waals surface area contributed by atoms with Gasteiger partial charge >= 0.3 is 17.6 Å². The van der Waals surface area contributed by atoms with Gasteiger partial charge in [0.1, 0.15) is 23.5 Å². The third-order valence-corrected chi connectivity index (χ3v) is 5.43. The average Bonchev–Trinajstić information content (AvgIpc) is 3.30. The lowest BCUT2D eigenvalue weighted by molar-refractivity contribution is -0.140. The number of esters is 2. The summed E-state index contributed by atoms with van der Waals surface area (Å²) in [7, 11) is 2.43. The summed E-state index contributed by atoms with van der Waals surface area (Å²) in [6, 6.07) is 13.9. The number of rotatable bonds is 4. The molecule has 0 aliphatic carbocycles. The number of para-hydroxylation sites is 1. The number of anilines is 1. The van der Waals surface area contributed by atoms with Gasteiger partial charge < -0.3 is 23.5 Å². The Morgan fingerprint density at radius 2 is 1.82 bits per heavy atom. The molecule has 4 aromatic rings. The van der Waals surface area contributed by atoms with Gasteiger partial charge in [-0.15, -0.1) is 5.10 Å². The number of aromatic nitrogens is 3. The van der Waals surface area contributed by atoms with E-state index in [1.807, 2.05) is 12.1 Å². The Morgan fingerprint density at radius 1 is 1.03 bits per heavy atom. The Kier molecular flexibility index (Phi) is 5.30. The fraction of sp³-hybridized carbons (Fsp3) is 0.174. The lowest BCUT2D eigenvalue weighted by Crippen LogP contribution is -2.38. The minimum Gasteiger partial charge on any atom is -0.466 e. The van der Waals surface area contributed by atoms with E-state index >= 15 is 0 Å². The molecule has 172 valence electrons. The molecule has 0 radical (unpaired) electrons. The first-order valence-electron chi connectivity index (χ1n) is 10.2. The van der Waals surface area contributed by atoms with Crippen molar-refractivity contribution in [2.75, 3.05) is 32.5 Å². The molecule has 0 saturated carbocycles. The molecule has 0 atom stereocenters. The first-order chi connectivity index (χ1) is 16.5. The number of carbonyl (C=O) groups excluding carboxylic acids is 2. The Bertz CT molecular complexity index is 1540. The molecule has 0 spiro atoms. The van der Waals surface area contributed by atoms with Gasteiger partial charge in [-0.1, -0.05) is 17.3 Å². The third kappa shape index (κ3) is 3.48. The molecule has 11 nitrogen and oxygen atoms in total. The Labute approximate surface area is 191 Å². The van der Waals surface area contributed by atoms with Crippen LogP contribution >= 0.6 is 0 Å². The third-order valence-electron chi connectivity index (χ3n) is 5.43. The number of benzene rings is 2. The molecule has 34 heavy (non-hydrogen) atoms. The topological polar surface area (TPSA) is 126 Å². The Hall–Kier alpha value is -4.51. The molecule has 0 unspecified atom stereocenters. The van der Waals surface area contributed by atoms with Gasteiger partial charge in [0, 0.05) is 17.1 Å². The number of ether oxygens (including phenoxy) is 3. The van der Waals surface area contributed by atoms with Crippen molar-refractivity contribution < 1.29 is 28.2 Å². The van der Waals surface area contributed by atoms with E-state index in [1.165, 1.54) is 23.8 Å². The number of hydrogen-bond acceptors (Lipinski definition) is 10. The zero-order valence-corrected chi connectivity index (χ0v) is 18.2. The van der Waals surface area contributed by atoms with Crippen LogP contribution in [0.5, 0.6) is 0 Å². The second kappa shape index (κ2) is 8.45. The van der Waals surface area contributed by atoms with Gasteiger partial charge in [-0.3, -0.25) is 0 Å². The first kappa shape index (κ1) is 21.3. The van der Waals surface area contributed by atoms with Crippen LogP contribution in [0.4, 0.5) is 5.69 Å². The first-order valence-corrected chi connectivity index (χ1v) is 10.2. The van der Waals surface area contributed by atoms with Crippen LogP contribution in [0.25, 0.3) is 27.7 Å². The monoisotopic (exact) mass is 462 g/mol. The van der Waals surface area contributed by atoms with E-state index in [4.69, 9.17) is 18.6 Å². The quantitative estimate of drug-likeness (QED) is 0.328. The van der Waals surface area contributed by atoms with Gasteiger partial charge in [0.2, 0.25) is 0 Å². The number of carbonyl (C=O) groups is 2. The predicted octanol–water partition coefficient (Wildman–Crippen LogP) is 1.92. The largest absolute Gasteiger partial charge is 0.466 e. The Balaban J connectivity index is 1.61. The van der Waals surface area contributed by atoms with Crippen molar-refractivity contribution in [3.63, 3.8) is 0 Å². The summed E-state index contributed by atoms with van der Waals surface area (Å²) in [5.74, 6) is -1.43. The number of nitrogens with zero attached hydrogens (tertiary/aromatic N) is 4. The maximum Gasteiger partial charge on any atom is 0.362 e. The van der Waals surface area contributed by atoms with Crippen molar-refractivity contribution in [1.29, 1.82) is 0 Å². The molecule has 2 aromatic heterocycles. The zero-order chi connectivity index (χ0) is 23.8. The van der Waals surface area contributed by atoms with Gasteiger partial charge in [-0.05, 0) is 30.3 Å². The second-order valence-electron chi connectivity index (χ2n) is 7.35. The van der Waals surface area contributed by atoms with Gasteiger partial charge in [0.15, 0.2) is 5.69 Å². The van der Waals surface area contributed by atoms with Gasteiger partial charge in [-0.25, -0.2) is 19.1 Å². The maximum absolute atomic E-state index is 12.8. The molecular formula is C23H18N4O7. The van der Waals surface area contributed by atoms with Gasteiger partial charge in [0.25, 0.3) is 0 Å². The molecule has 0 fully saturated rings. The Morgan fingerprint density at radius 3 is 2.62 bits per heavy atom. The van der Waals surface area contributed by atoms with E-state index in [-0.39, 0.29) is 35.9 Å². The highest BCUT2D eigenvalue weighted by molar-refractivity contribution is 6.03. The minimum absolute atomic E-state index is 0.00648. The summed E-state index contributed by atoms with van der Waals surface area (Å²) < 4.78 is 22.1. The molecular weight excluding hydrogens is 444 g/mol. The summed E-state index contributed by atoms with van der Waals surface area (Å²) in [6.07, 6.45) is 0. The highest BCUT2D eigenvalue weighted by atomic mass is 16.5. The number of methoxy groups -OCH3 is 2. The zero-order valence-electron chi connectivity index (χ0n) is 18.2. The van der Waals surface area contributed by atoms with Crippen LogP contribution in [0.1, 0.15) is 0 Å². The summed E-state index contributed by atoms with van der Waals surface area (Å²) in [6.45, 7) is -0.130. The van der Waals surface area contributed by atoms with Crippen LogP contribution in [0.2, 0.25) is 0 Å². The van der Waals surface area contributed by atoms with Crippen LogP contribution in [0, 0.1) is 0 Å². The fourth-order valence-electron chi connectivity index (χ4n) is 3.80. The van der Waals surface area contributed by atoms with Crippen LogP contribution in [0.15, 0.2) is 69.0 Å². The summed E-state index contributed by atoms with van der Waals surface area (Å²) >= 11 is 0. The molecule has 0 amide bonds. The van der Waals surface area contributed by atoms with Crippen molar-refractivity contribution in [1.82, 2.24) is 15.0 Å². The lowest BCUT2D eigenvalue weighted by atomic mass is 10.1. The van der Waals surface area contributed by atoms with Crippen molar-refractivity contribution in [3.8, 4) is 5.69 Å². The van der Waals surface area contributed by atoms with E-state index in [9.17, 15) is 14.4 Å². The summed E-state index contributed by atoms with van der Waals surface area (Å²) in [5.41, 5.74) is 1.64. The highest BCUT2D eigenvalue weighted by Gasteiger charge is 2.32. The molecule has 1 aliphatic rings. The van der Waals surface area contributed by atoms with E-state index in [0.717, 1.165) is 0 Å². The number of hydrogen-bond donors (Lipinski definition) is 0. The molecule has 0 bridgehead atoms. The van der Waals surface area contributed by atoms with Crippen molar-refractivity contribution >= 4 is 39.6 Å². The predicted molar refractivity (Wildman–Crippen MR) is 119 cm³/mol. The van der Waals surface area contributed by atoms with Gasteiger partial charge in [0.05, 0.1) is 31.9 Å². The standard InChI is InChI=1S/C23H18N4O7/c1-31-21(28)15-11-33-12-26(20(15)23(30)32-2)14-8-7-13-9-18(22(29)34-19(13)10-14)27-17-6-4-3-5-16(17)24-25-27/h3-10H,11-12H2,1-2H3. The average molecular weight is 462 g/mol. The normalized spacial score (nSPS) is 14.0. The smallest absolute Gasteiger partial charge is 0.362 e.